The van der Waals surface area contributed by atoms with E-state index in [1.807, 2.05) is 6.20 Å². The SMILES string of the molecule is CCc1ccc(CN2CCCC(O)(CO)CC2)nc1. The van der Waals surface area contributed by atoms with Gasteiger partial charge < -0.3 is 10.2 Å². The summed E-state index contributed by atoms with van der Waals surface area (Å²) >= 11 is 0. The van der Waals surface area contributed by atoms with E-state index in [0.717, 1.165) is 38.2 Å². The molecule has 0 saturated carbocycles. The fourth-order valence-electron chi connectivity index (χ4n) is 2.54. The van der Waals surface area contributed by atoms with Crippen molar-refractivity contribution < 1.29 is 10.2 Å². The Morgan fingerprint density at radius 3 is 2.79 bits per heavy atom. The fourth-order valence-corrected chi connectivity index (χ4v) is 2.54. The highest BCUT2D eigenvalue weighted by molar-refractivity contribution is 5.13. The third-order valence-corrected chi connectivity index (χ3v) is 3.98. The number of likely N-dealkylation sites (tertiary alicyclic amines) is 1. The molecule has 1 aliphatic rings. The van der Waals surface area contributed by atoms with E-state index in [0.29, 0.717) is 12.8 Å². The lowest BCUT2D eigenvalue weighted by molar-refractivity contribution is -0.0255. The molecular formula is C15H24N2O2. The van der Waals surface area contributed by atoms with Gasteiger partial charge >= 0.3 is 0 Å². The van der Waals surface area contributed by atoms with E-state index < -0.39 is 5.60 Å². The topological polar surface area (TPSA) is 56.6 Å². The van der Waals surface area contributed by atoms with Crippen LogP contribution in [-0.4, -0.2) is 45.4 Å². The van der Waals surface area contributed by atoms with Gasteiger partial charge in [-0.05, 0) is 43.9 Å². The molecule has 1 atom stereocenters. The molecule has 1 fully saturated rings. The standard InChI is InChI=1S/C15H24N2O2/c1-2-13-4-5-14(16-10-13)11-17-8-3-6-15(19,12-18)7-9-17/h4-5,10,18-19H,2-3,6-9,11-12H2,1H3. The van der Waals surface area contributed by atoms with Gasteiger partial charge in [0.15, 0.2) is 0 Å². The number of hydrogen-bond donors (Lipinski definition) is 2. The highest BCUT2D eigenvalue weighted by atomic mass is 16.3. The predicted molar refractivity (Wildman–Crippen MR) is 74.8 cm³/mol. The molecule has 106 valence electrons. The van der Waals surface area contributed by atoms with Crippen LogP contribution in [0.15, 0.2) is 18.3 Å². The lowest BCUT2D eigenvalue weighted by Gasteiger charge is -2.24. The third kappa shape index (κ3) is 4.00. The van der Waals surface area contributed by atoms with Crippen molar-refractivity contribution in [2.45, 2.75) is 44.8 Å². The quantitative estimate of drug-likeness (QED) is 0.862. The van der Waals surface area contributed by atoms with E-state index in [9.17, 15) is 10.2 Å². The first kappa shape index (κ1) is 14.4. The van der Waals surface area contributed by atoms with E-state index in [-0.39, 0.29) is 6.61 Å². The maximum absolute atomic E-state index is 10.1. The van der Waals surface area contributed by atoms with Gasteiger partial charge in [-0.1, -0.05) is 13.0 Å². The molecule has 0 aliphatic carbocycles. The van der Waals surface area contributed by atoms with Crippen LogP contribution in [0.5, 0.6) is 0 Å². The summed E-state index contributed by atoms with van der Waals surface area (Å²) < 4.78 is 0. The van der Waals surface area contributed by atoms with Crippen LogP contribution < -0.4 is 0 Å². The van der Waals surface area contributed by atoms with Crippen molar-refractivity contribution in [1.82, 2.24) is 9.88 Å². The number of aromatic nitrogens is 1. The minimum atomic E-state index is -0.881. The molecular weight excluding hydrogens is 240 g/mol. The molecule has 2 rings (SSSR count). The van der Waals surface area contributed by atoms with Crippen LogP contribution in [0.2, 0.25) is 0 Å². The van der Waals surface area contributed by atoms with Crippen molar-refractivity contribution in [3.05, 3.63) is 29.6 Å². The Labute approximate surface area is 115 Å². The molecule has 0 aromatic carbocycles. The van der Waals surface area contributed by atoms with E-state index in [1.54, 1.807) is 0 Å². The molecule has 1 saturated heterocycles. The maximum Gasteiger partial charge on any atom is 0.0890 e. The number of nitrogens with zero attached hydrogens (tertiary/aromatic N) is 2. The molecule has 0 radical (unpaired) electrons. The summed E-state index contributed by atoms with van der Waals surface area (Å²) in [5.41, 5.74) is 1.45. The molecule has 0 spiro atoms. The van der Waals surface area contributed by atoms with Crippen LogP contribution in [0, 0.1) is 0 Å². The van der Waals surface area contributed by atoms with E-state index >= 15 is 0 Å². The zero-order valence-corrected chi connectivity index (χ0v) is 11.7. The van der Waals surface area contributed by atoms with Crippen molar-refractivity contribution in [2.24, 2.45) is 0 Å². The van der Waals surface area contributed by atoms with Crippen molar-refractivity contribution >= 4 is 0 Å². The van der Waals surface area contributed by atoms with Gasteiger partial charge in [0.25, 0.3) is 0 Å². The molecule has 2 N–H and O–H groups in total. The molecule has 2 heterocycles. The van der Waals surface area contributed by atoms with Gasteiger partial charge in [0.2, 0.25) is 0 Å². The monoisotopic (exact) mass is 264 g/mol. The molecule has 1 aromatic heterocycles. The van der Waals surface area contributed by atoms with Gasteiger partial charge in [-0.25, -0.2) is 0 Å². The molecule has 0 bridgehead atoms. The summed E-state index contributed by atoms with van der Waals surface area (Å²) in [5.74, 6) is 0. The largest absolute Gasteiger partial charge is 0.393 e. The van der Waals surface area contributed by atoms with Gasteiger partial charge in [0.1, 0.15) is 0 Å². The fraction of sp³-hybridized carbons (Fsp3) is 0.667. The van der Waals surface area contributed by atoms with E-state index in [1.165, 1.54) is 5.56 Å². The summed E-state index contributed by atoms with van der Waals surface area (Å²) in [6.45, 7) is 4.59. The van der Waals surface area contributed by atoms with Gasteiger partial charge in [-0.3, -0.25) is 9.88 Å². The molecule has 4 nitrogen and oxygen atoms in total. The van der Waals surface area contributed by atoms with E-state index in [2.05, 4.69) is 28.9 Å². The van der Waals surface area contributed by atoms with Gasteiger partial charge in [0.05, 0.1) is 17.9 Å². The molecule has 1 aromatic rings. The summed E-state index contributed by atoms with van der Waals surface area (Å²) in [5, 5.41) is 19.3. The van der Waals surface area contributed by atoms with Crippen LogP contribution in [0.1, 0.15) is 37.4 Å². The molecule has 19 heavy (non-hydrogen) atoms. The second-order valence-corrected chi connectivity index (χ2v) is 5.52. The average Bonchev–Trinajstić information content (AvgIpc) is 2.63. The lowest BCUT2D eigenvalue weighted by Crippen LogP contribution is -2.34. The normalized spacial score (nSPS) is 25.2. The zero-order chi connectivity index (χ0) is 13.7. The van der Waals surface area contributed by atoms with Crippen molar-refractivity contribution in [3.8, 4) is 0 Å². The van der Waals surface area contributed by atoms with Crippen LogP contribution in [-0.2, 0) is 13.0 Å². The Morgan fingerprint density at radius 2 is 2.16 bits per heavy atom. The van der Waals surface area contributed by atoms with Gasteiger partial charge in [-0.15, -0.1) is 0 Å². The van der Waals surface area contributed by atoms with Crippen LogP contribution in [0.25, 0.3) is 0 Å². The van der Waals surface area contributed by atoms with Crippen LogP contribution in [0.3, 0.4) is 0 Å². The summed E-state index contributed by atoms with van der Waals surface area (Å²) in [6, 6.07) is 4.21. The highest BCUT2D eigenvalue weighted by Gasteiger charge is 2.29. The first-order chi connectivity index (χ1) is 9.15. The van der Waals surface area contributed by atoms with Gasteiger partial charge in [-0.2, -0.15) is 0 Å². The van der Waals surface area contributed by atoms with Crippen LogP contribution >= 0.6 is 0 Å². The number of hydrogen-bond acceptors (Lipinski definition) is 4. The molecule has 1 aliphatic heterocycles. The predicted octanol–water partition coefficient (Wildman–Crippen LogP) is 1.35. The first-order valence-electron chi connectivity index (χ1n) is 7.14. The third-order valence-electron chi connectivity index (χ3n) is 3.98. The Balaban J connectivity index is 1.92. The first-order valence-corrected chi connectivity index (χ1v) is 7.14. The van der Waals surface area contributed by atoms with Crippen molar-refractivity contribution in [3.63, 3.8) is 0 Å². The Hall–Kier alpha value is -0.970. The average molecular weight is 264 g/mol. The Morgan fingerprint density at radius 1 is 1.32 bits per heavy atom. The smallest absolute Gasteiger partial charge is 0.0890 e. The second kappa shape index (κ2) is 6.46. The zero-order valence-electron chi connectivity index (χ0n) is 11.7. The van der Waals surface area contributed by atoms with Crippen molar-refractivity contribution in [1.29, 1.82) is 0 Å². The summed E-state index contributed by atoms with van der Waals surface area (Å²) in [4.78, 5) is 6.78. The van der Waals surface area contributed by atoms with Crippen molar-refractivity contribution in [2.75, 3.05) is 19.7 Å². The second-order valence-electron chi connectivity index (χ2n) is 5.52. The number of aliphatic hydroxyl groups is 2. The highest BCUT2D eigenvalue weighted by Crippen LogP contribution is 2.22. The summed E-state index contributed by atoms with van der Waals surface area (Å²) in [6.07, 6.45) is 5.20. The number of aryl methyl sites for hydroxylation is 1. The Kier molecular flexibility index (Phi) is 4.91. The van der Waals surface area contributed by atoms with E-state index in [4.69, 9.17) is 0 Å². The minimum Gasteiger partial charge on any atom is -0.393 e. The van der Waals surface area contributed by atoms with Crippen LogP contribution in [0.4, 0.5) is 0 Å². The minimum absolute atomic E-state index is 0.135. The Bertz CT molecular complexity index is 394. The maximum atomic E-state index is 10.1. The molecule has 0 amide bonds. The lowest BCUT2D eigenvalue weighted by atomic mass is 9.96. The number of pyridine rings is 1. The van der Waals surface area contributed by atoms with Gasteiger partial charge in [0, 0.05) is 19.3 Å². The number of aliphatic hydroxyl groups excluding tert-OH is 1. The molecule has 1 unspecified atom stereocenters. The summed E-state index contributed by atoms with van der Waals surface area (Å²) in [7, 11) is 0. The molecule has 4 heteroatoms. The number of rotatable bonds is 4.